The second-order valence-corrected chi connectivity index (χ2v) is 7.35. The molecule has 0 unspecified atom stereocenters. The van der Waals surface area contributed by atoms with Crippen molar-refractivity contribution >= 4 is 28.6 Å². The molecule has 1 saturated heterocycles. The zero-order valence-electron chi connectivity index (χ0n) is 16.9. The van der Waals surface area contributed by atoms with Gasteiger partial charge in [0, 0.05) is 32.1 Å². The standard InChI is InChI=1S/C22H21N7O2/c30-18(10-11-19-27-20(28-31-19)17-9-3-4-12-23-17)26-21-22(29-13-5-6-14-29)25-16-8-2-1-7-15(16)24-21/h1-4,7-9,12H,5-6,10-11,13-14H2,(H,24,26,30). The van der Waals surface area contributed by atoms with Gasteiger partial charge >= 0.3 is 0 Å². The SMILES string of the molecule is O=C(CCc1nc(-c2ccccn2)no1)Nc1nc2ccccc2nc1N1CCCC1. The Balaban J connectivity index is 1.30. The van der Waals surface area contributed by atoms with E-state index in [1.54, 1.807) is 12.3 Å². The Morgan fingerprint density at radius 2 is 1.77 bits per heavy atom. The van der Waals surface area contributed by atoms with Crippen LogP contribution in [0.5, 0.6) is 0 Å². The second-order valence-electron chi connectivity index (χ2n) is 7.35. The van der Waals surface area contributed by atoms with Crippen LogP contribution < -0.4 is 10.2 Å². The van der Waals surface area contributed by atoms with Crippen molar-refractivity contribution in [2.45, 2.75) is 25.7 Å². The predicted octanol–water partition coefficient (Wildman–Crippen LogP) is 3.25. The molecule has 1 fully saturated rings. The highest BCUT2D eigenvalue weighted by atomic mass is 16.5. The third-order valence-corrected chi connectivity index (χ3v) is 5.14. The summed E-state index contributed by atoms with van der Waals surface area (Å²) in [6, 6.07) is 13.2. The third-order valence-electron chi connectivity index (χ3n) is 5.14. The lowest BCUT2D eigenvalue weighted by atomic mass is 10.2. The van der Waals surface area contributed by atoms with Crippen molar-refractivity contribution in [3.05, 3.63) is 54.6 Å². The number of hydrogen-bond donors (Lipinski definition) is 1. The van der Waals surface area contributed by atoms with Gasteiger partial charge in [-0.1, -0.05) is 23.4 Å². The molecule has 1 aliphatic rings. The normalized spacial score (nSPS) is 13.6. The number of aryl methyl sites for hydroxylation is 1. The highest BCUT2D eigenvalue weighted by Crippen LogP contribution is 2.28. The van der Waals surface area contributed by atoms with Crippen LogP contribution in [-0.2, 0) is 11.2 Å². The maximum Gasteiger partial charge on any atom is 0.227 e. The molecule has 9 heteroatoms. The number of nitrogens with zero attached hydrogens (tertiary/aromatic N) is 6. The number of hydrogen-bond acceptors (Lipinski definition) is 8. The lowest BCUT2D eigenvalue weighted by Crippen LogP contribution is -2.23. The van der Waals surface area contributed by atoms with Crippen molar-refractivity contribution < 1.29 is 9.32 Å². The average molecular weight is 415 g/mol. The molecule has 0 bridgehead atoms. The highest BCUT2D eigenvalue weighted by Gasteiger charge is 2.21. The summed E-state index contributed by atoms with van der Waals surface area (Å²) in [7, 11) is 0. The van der Waals surface area contributed by atoms with Crippen molar-refractivity contribution in [3.8, 4) is 11.5 Å². The summed E-state index contributed by atoms with van der Waals surface area (Å²) in [6.45, 7) is 1.82. The summed E-state index contributed by atoms with van der Waals surface area (Å²) in [6.07, 6.45) is 4.40. The fourth-order valence-electron chi connectivity index (χ4n) is 3.59. The molecule has 0 atom stereocenters. The first-order chi connectivity index (χ1) is 15.3. The van der Waals surface area contributed by atoms with E-state index in [2.05, 4.69) is 30.3 Å². The molecule has 1 N–H and O–H groups in total. The fraction of sp³-hybridized carbons (Fsp3) is 0.273. The topological polar surface area (TPSA) is 110 Å². The summed E-state index contributed by atoms with van der Waals surface area (Å²) < 4.78 is 5.27. The van der Waals surface area contributed by atoms with E-state index in [1.165, 1.54) is 0 Å². The third kappa shape index (κ3) is 4.20. The molecule has 9 nitrogen and oxygen atoms in total. The number of carbonyl (C=O) groups excluding carboxylic acids is 1. The van der Waals surface area contributed by atoms with Gasteiger partial charge in [-0.3, -0.25) is 9.78 Å². The molecule has 0 aliphatic carbocycles. The minimum atomic E-state index is -0.178. The lowest BCUT2D eigenvalue weighted by Gasteiger charge is -2.20. The zero-order chi connectivity index (χ0) is 21.0. The zero-order valence-corrected chi connectivity index (χ0v) is 16.9. The van der Waals surface area contributed by atoms with E-state index in [0.29, 0.717) is 29.6 Å². The van der Waals surface area contributed by atoms with Crippen molar-refractivity contribution in [3.63, 3.8) is 0 Å². The van der Waals surface area contributed by atoms with Crippen LogP contribution in [0.3, 0.4) is 0 Å². The van der Waals surface area contributed by atoms with Crippen LogP contribution in [0.1, 0.15) is 25.2 Å². The van der Waals surface area contributed by atoms with Crippen molar-refractivity contribution in [2.24, 2.45) is 0 Å². The monoisotopic (exact) mass is 415 g/mol. The Labute approximate surface area is 178 Å². The second kappa shape index (κ2) is 8.47. The van der Waals surface area contributed by atoms with E-state index in [0.717, 1.165) is 42.8 Å². The molecule has 0 spiro atoms. The van der Waals surface area contributed by atoms with Crippen LogP contribution in [0.4, 0.5) is 11.6 Å². The highest BCUT2D eigenvalue weighted by molar-refractivity contribution is 5.94. The van der Waals surface area contributed by atoms with Crippen LogP contribution >= 0.6 is 0 Å². The fourth-order valence-corrected chi connectivity index (χ4v) is 3.59. The molecule has 3 aromatic heterocycles. The molecular weight excluding hydrogens is 394 g/mol. The first-order valence-electron chi connectivity index (χ1n) is 10.3. The molecule has 1 amide bonds. The van der Waals surface area contributed by atoms with Gasteiger partial charge in [-0.2, -0.15) is 4.98 Å². The van der Waals surface area contributed by atoms with Gasteiger partial charge < -0.3 is 14.7 Å². The largest absolute Gasteiger partial charge is 0.354 e. The van der Waals surface area contributed by atoms with Gasteiger partial charge in [0.2, 0.25) is 17.6 Å². The van der Waals surface area contributed by atoms with Gasteiger partial charge in [-0.25, -0.2) is 9.97 Å². The number of carbonyl (C=O) groups is 1. The van der Waals surface area contributed by atoms with Gasteiger partial charge in [-0.15, -0.1) is 0 Å². The molecule has 4 heterocycles. The molecule has 31 heavy (non-hydrogen) atoms. The van der Waals surface area contributed by atoms with Gasteiger partial charge in [-0.05, 0) is 37.1 Å². The van der Waals surface area contributed by atoms with Crippen LogP contribution in [0, 0.1) is 0 Å². The lowest BCUT2D eigenvalue weighted by molar-refractivity contribution is -0.116. The van der Waals surface area contributed by atoms with Gasteiger partial charge in [0.15, 0.2) is 11.6 Å². The number of aromatic nitrogens is 5. The van der Waals surface area contributed by atoms with Crippen LogP contribution in [0.15, 0.2) is 53.2 Å². The summed E-state index contributed by atoms with van der Waals surface area (Å²) in [5.74, 6) is 1.83. The number of para-hydroxylation sites is 2. The Morgan fingerprint density at radius 1 is 1.00 bits per heavy atom. The smallest absolute Gasteiger partial charge is 0.227 e. The van der Waals surface area contributed by atoms with E-state index in [9.17, 15) is 4.79 Å². The van der Waals surface area contributed by atoms with Crippen molar-refractivity contribution in [1.82, 2.24) is 25.1 Å². The van der Waals surface area contributed by atoms with E-state index in [4.69, 9.17) is 9.51 Å². The quantitative estimate of drug-likeness (QED) is 0.511. The van der Waals surface area contributed by atoms with Gasteiger partial charge in [0.1, 0.15) is 5.69 Å². The maximum absolute atomic E-state index is 12.7. The van der Waals surface area contributed by atoms with Crippen molar-refractivity contribution in [2.75, 3.05) is 23.3 Å². The number of pyridine rings is 1. The number of benzene rings is 1. The summed E-state index contributed by atoms with van der Waals surface area (Å²) in [5, 5.41) is 6.87. The number of fused-ring (bicyclic) bond motifs is 1. The molecule has 156 valence electrons. The van der Waals surface area contributed by atoms with Crippen LogP contribution in [0.25, 0.3) is 22.6 Å². The summed E-state index contributed by atoms with van der Waals surface area (Å²) in [4.78, 5) is 32.8. The maximum atomic E-state index is 12.7. The van der Waals surface area contributed by atoms with E-state index >= 15 is 0 Å². The van der Waals surface area contributed by atoms with E-state index in [1.807, 2.05) is 36.4 Å². The molecule has 1 aliphatic heterocycles. The number of rotatable bonds is 6. The number of anilines is 2. The minimum Gasteiger partial charge on any atom is -0.354 e. The van der Waals surface area contributed by atoms with Crippen molar-refractivity contribution in [1.29, 1.82) is 0 Å². The minimum absolute atomic E-state index is 0.178. The first kappa shape index (κ1) is 19.1. The molecular formula is C22H21N7O2. The Morgan fingerprint density at radius 3 is 2.55 bits per heavy atom. The van der Waals surface area contributed by atoms with Crippen LogP contribution in [0.2, 0.25) is 0 Å². The number of amides is 1. The van der Waals surface area contributed by atoms with E-state index in [-0.39, 0.29) is 12.3 Å². The molecule has 1 aromatic carbocycles. The Bertz CT molecular complexity index is 1200. The molecule has 0 radical (unpaired) electrons. The Hall–Kier alpha value is -3.88. The summed E-state index contributed by atoms with van der Waals surface area (Å²) in [5.41, 5.74) is 2.19. The van der Waals surface area contributed by atoms with E-state index < -0.39 is 0 Å². The van der Waals surface area contributed by atoms with Gasteiger partial charge in [0.25, 0.3) is 0 Å². The predicted molar refractivity (Wildman–Crippen MR) is 115 cm³/mol. The number of nitrogens with one attached hydrogen (secondary N) is 1. The van der Waals surface area contributed by atoms with Crippen LogP contribution in [-0.4, -0.2) is 44.1 Å². The van der Waals surface area contributed by atoms with Gasteiger partial charge in [0.05, 0.1) is 11.0 Å². The Kier molecular flexibility index (Phi) is 5.22. The first-order valence-corrected chi connectivity index (χ1v) is 10.3. The molecule has 4 aromatic rings. The molecule has 5 rings (SSSR count). The average Bonchev–Trinajstić information content (AvgIpc) is 3.50. The summed E-state index contributed by atoms with van der Waals surface area (Å²) >= 11 is 0. The molecule has 0 saturated carbocycles.